The molecule has 3 heterocycles. The topological polar surface area (TPSA) is 88.6 Å². The van der Waals surface area contributed by atoms with Crippen LogP contribution >= 0.6 is 22.9 Å². The summed E-state index contributed by atoms with van der Waals surface area (Å²) in [5.41, 5.74) is 0. The summed E-state index contributed by atoms with van der Waals surface area (Å²) in [6.45, 7) is 0.947. The van der Waals surface area contributed by atoms with Crippen molar-refractivity contribution in [2.75, 3.05) is 12.4 Å². The maximum absolute atomic E-state index is 4.98. The molecule has 20 heavy (non-hydrogen) atoms. The normalized spacial score (nSPS) is 10.8. The highest BCUT2D eigenvalue weighted by molar-refractivity contribution is 7.13. The van der Waals surface area contributed by atoms with Crippen LogP contribution in [0.4, 0.5) is 5.13 Å². The van der Waals surface area contributed by atoms with Gasteiger partial charge in [0.15, 0.2) is 11.6 Å². The molecular weight excluding hydrogens is 296 g/mol. The minimum Gasteiger partial charge on any atom is -0.377 e. The predicted molar refractivity (Wildman–Crippen MR) is 77.6 cm³/mol. The first-order valence-electron chi connectivity index (χ1n) is 5.85. The first-order valence-corrected chi connectivity index (χ1v) is 7.51. The van der Waals surface area contributed by atoms with Crippen LogP contribution in [-0.4, -0.2) is 31.6 Å². The number of nitrogens with zero attached hydrogens (tertiary/aromatic N) is 4. The number of aromatic nitrogens is 5. The molecule has 3 rings (SSSR count). The summed E-state index contributed by atoms with van der Waals surface area (Å²) in [5, 5.41) is 13.0. The van der Waals surface area contributed by atoms with E-state index in [4.69, 9.17) is 4.74 Å². The molecule has 9 heteroatoms. The average Bonchev–Trinajstić information content (AvgIpc) is 3.18. The van der Waals surface area contributed by atoms with Crippen molar-refractivity contribution in [1.82, 2.24) is 24.5 Å². The molecule has 0 saturated heterocycles. The maximum atomic E-state index is 4.98. The molecule has 0 radical (unpaired) electrons. The van der Waals surface area contributed by atoms with Crippen LogP contribution in [0.15, 0.2) is 17.5 Å². The van der Waals surface area contributed by atoms with Gasteiger partial charge in [-0.1, -0.05) is 6.07 Å². The molecule has 3 aromatic heterocycles. The van der Waals surface area contributed by atoms with Crippen molar-refractivity contribution in [1.29, 1.82) is 0 Å². The largest absolute Gasteiger partial charge is 0.377 e. The van der Waals surface area contributed by atoms with E-state index in [-0.39, 0.29) is 0 Å². The number of hydrogen-bond donors (Lipinski definition) is 2. The Bertz CT molecular complexity index is 662. The number of H-pyrrole nitrogens is 1. The van der Waals surface area contributed by atoms with Crippen LogP contribution in [0.3, 0.4) is 0 Å². The van der Waals surface area contributed by atoms with Crippen molar-refractivity contribution >= 4 is 28.0 Å². The summed E-state index contributed by atoms with van der Waals surface area (Å²) in [6, 6.07) is 3.97. The average molecular weight is 308 g/mol. The van der Waals surface area contributed by atoms with Gasteiger partial charge in [-0.3, -0.25) is 5.10 Å². The molecule has 0 spiro atoms. The van der Waals surface area contributed by atoms with Crippen LogP contribution in [0.5, 0.6) is 0 Å². The highest BCUT2D eigenvalue weighted by Gasteiger charge is 2.08. The van der Waals surface area contributed by atoms with Crippen molar-refractivity contribution in [3.63, 3.8) is 0 Å². The molecule has 0 fully saturated rings. The van der Waals surface area contributed by atoms with Gasteiger partial charge in [-0.2, -0.15) is 9.47 Å². The Morgan fingerprint density at radius 2 is 2.35 bits per heavy atom. The lowest BCUT2D eigenvalue weighted by Gasteiger charge is -1.96. The monoisotopic (exact) mass is 308 g/mol. The maximum Gasteiger partial charge on any atom is 0.203 e. The fraction of sp³-hybridized carbons (Fsp3) is 0.273. The van der Waals surface area contributed by atoms with Crippen LogP contribution in [0.1, 0.15) is 11.6 Å². The van der Waals surface area contributed by atoms with Gasteiger partial charge in [0, 0.05) is 18.6 Å². The molecule has 2 N–H and O–H groups in total. The van der Waals surface area contributed by atoms with Gasteiger partial charge in [0.2, 0.25) is 5.13 Å². The second-order valence-electron chi connectivity index (χ2n) is 3.89. The van der Waals surface area contributed by atoms with Gasteiger partial charge in [-0.25, -0.2) is 9.97 Å². The lowest BCUT2D eigenvalue weighted by atomic mass is 10.4. The molecule has 3 aromatic rings. The highest BCUT2D eigenvalue weighted by atomic mass is 32.1. The van der Waals surface area contributed by atoms with Crippen LogP contribution in [0.2, 0.25) is 0 Å². The highest BCUT2D eigenvalue weighted by Crippen LogP contribution is 2.20. The molecule has 0 aliphatic heterocycles. The molecular formula is C11H12N6OS2. The summed E-state index contributed by atoms with van der Waals surface area (Å²) in [6.07, 6.45) is 0. The van der Waals surface area contributed by atoms with Crippen LogP contribution < -0.4 is 5.32 Å². The van der Waals surface area contributed by atoms with E-state index in [0.29, 0.717) is 24.8 Å². The summed E-state index contributed by atoms with van der Waals surface area (Å²) >= 11 is 2.91. The van der Waals surface area contributed by atoms with Crippen LogP contribution in [0.25, 0.3) is 10.7 Å². The summed E-state index contributed by atoms with van der Waals surface area (Å²) in [5.74, 6) is 2.16. The number of rotatable bonds is 6. The third kappa shape index (κ3) is 3.00. The molecule has 7 nitrogen and oxygen atoms in total. The third-order valence-electron chi connectivity index (χ3n) is 2.42. The van der Waals surface area contributed by atoms with E-state index >= 15 is 0 Å². The molecule has 0 bridgehead atoms. The van der Waals surface area contributed by atoms with Crippen molar-refractivity contribution in [3.8, 4) is 10.7 Å². The second kappa shape index (κ2) is 6.07. The molecule has 0 aromatic carbocycles. The Morgan fingerprint density at radius 1 is 1.40 bits per heavy atom. The molecule has 0 saturated carbocycles. The van der Waals surface area contributed by atoms with Gasteiger partial charge in [-0.05, 0) is 11.4 Å². The third-order valence-corrected chi connectivity index (χ3v) is 4.00. The Labute approximate surface area is 123 Å². The number of anilines is 1. The zero-order valence-electron chi connectivity index (χ0n) is 10.7. The standard InChI is InChI=1S/C11H12N6OS2/c1-18-6-9-14-11(20-17-9)12-5-8-13-10(16-15-8)7-3-2-4-19-7/h2-4H,5-6H2,1H3,(H,12,14,17)(H,13,15,16). The van der Waals surface area contributed by atoms with Crippen molar-refractivity contribution < 1.29 is 4.74 Å². The number of nitrogens with one attached hydrogen (secondary N) is 2. The second-order valence-corrected chi connectivity index (χ2v) is 5.58. The Balaban J connectivity index is 1.60. The minimum atomic E-state index is 0.420. The lowest BCUT2D eigenvalue weighted by Crippen LogP contribution is -2.01. The zero-order chi connectivity index (χ0) is 13.8. The number of aromatic amines is 1. The smallest absolute Gasteiger partial charge is 0.203 e. The van der Waals surface area contributed by atoms with E-state index in [1.807, 2.05) is 17.5 Å². The molecule has 0 amide bonds. The molecule has 0 aliphatic rings. The number of hydrogen-bond acceptors (Lipinski definition) is 8. The van der Waals surface area contributed by atoms with E-state index in [1.165, 1.54) is 11.5 Å². The van der Waals surface area contributed by atoms with Gasteiger partial charge in [-0.15, -0.1) is 11.3 Å². The zero-order valence-corrected chi connectivity index (χ0v) is 12.3. The van der Waals surface area contributed by atoms with Gasteiger partial charge >= 0.3 is 0 Å². The predicted octanol–water partition coefficient (Wildman–Crippen LogP) is 2.14. The van der Waals surface area contributed by atoms with Crippen LogP contribution in [-0.2, 0) is 17.9 Å². The molecule has 0 atom stereocenters. The number of thiophene rings is 1. The SMILES string of the molecule is COCc1nsc(NCc2nc(-c3cccs3)n[nH]2)n1. The van der Waals surface area contributed by atoms with Gasteiger partial charge in [0.1, 0.15) is 12.4 Å². The molecule has 0 unspecified atom stereocenters. The molecule has 0 aliphatic carbocycles. The quantitative estimate of drug-likeness (QED) is 0.725. The Morgan fingerprint density at radius 3 is 3.15 bits per heavy atom. The number of methoxy groups -OCH3 is 1. The summed E-state index contributed by atoms with van der Waals surface area (Å²) < 4.78 is 9.14. The van der Waals surface area contributed by atoms with Crippen molar-refractivity contribution in [3.05, 3.63) is 29.2 Å². The van der Waals surface area contributed by atoms with E-state index in [9.17, 15) is 0 Å². The Hall–Kier alpha value is -1.84. The lowest BCUT2D eigenvalue weighted by molar-refractivity contribution is 0.179. The summed E-state index contributed by atoms with van der Waals surface area (Å²) in [4.78, 5) is 9.75. The van der Waals surface area contributed by atoms with Crippen LogP contribution in [0, 0.1) is 0 Å². The minimum absolute atomic E-state index is 0.420. The van der Waals surface area contributed by atoms with Gasteiger partial charge < -0.3 is 10.1 Å². The van der Waals surface area contributed by atoms with E-state index in [0.717, 1.165) is 15.8 Å². The van der Waals surface area contributed by atoms with Gasteiger partial charge in [0.25, 0.3) is 0 Å². The number of ether oxygens (including phenoxy) is 1. The van der Waals surface area contributed by atoms with Crippen molar-refractivity contribution in [2.24, 2.45) is 0 Å². The van der Waals surface area contributed by atoms with Crippen molar-refractivity contribution in [2.45, 2.75) is 13.2 Å². The fourth-order valence-electron chi connectivity index (χ4n) is 1.56. The first kappa shape index (κ1) is 13.2. The molecule has 104 valence electrons. The first-order chi connectivity index (χ1) is 9.85. The Kier molecular flexibility index (Phi) is 4.00. The van der Waals surface area contributed by atoms with E-state index < -0.39 is 0 Å². The summed E-state index contributed by atoms with van der Waals surface area (Å²) in [7, 11) is 1.62. The van der Waals surface area contributed by atoms with Gasteiger partial charge in [0.05, 0.1) is 11.4 Å². The van der Waals surface area contributed by atoms with E-state index in [2.05, 4.69) is 29.9 Å². The fourth-order valence-corrected chi connectivity index (χ4v) is 2.79. The van der Waals surface area contributed by atoms with E-state index in [1.54, 1.807) is 18.4 Å².